The first-order valence-corrected chi connectivity index (χ1v) is 10.2. The van der Waals surface area contributed by atoms with Gasteiger partial charge in [-0.25, -0.2) is 13.1 Å². The van der Waals surface area contributed by atoms with Crippen LogP contribution in [0.5, 0.6) is 0 Å². The van der Waals surface area contributed by atoms with E-state index in [0.29, 0.717) is 12.4 Å². The van der Waals surface area contributed by atoms with Gasteiger partial charge >= 0.3 is 0 Å². The van der Waals surface area contributed by atoms with E-state index in [2.05, 4.69) is 31.9 Å². The molecule has 1 aliphatic rings. The molecule has 0 aliphatic carbocycles. The molecule has 1 aliphatic heterocycles. The Morgan fingerprint density at radius 1 is 1.12 bits per heavy atom. The summed E-state index contributed by atoms with van der Waals surface area (Å²) in [4.78, 5) is 4.84. The third kappa shape index (κ3) is 4.54. The van der Waals surface area contributed by atoms with Gasteiger partial charge in [0.05, 0.1) is 11.4 Å². The summed E-state index contributed by atoms with van der Waals surface area (Å²) in [6, 6.07) is 6.81. The molecule has 3 rings (SSSR count). The predicted octanol–water partition coefficient (Wildman–Crippen LogP) is 0.717. The summed E-state index contributed by atoms with van der Waals surface area (Å²) in [6.07, 6.45) is 1.91. The van der Waals surface area contributed by atoms with Gasteiger partial charge in [-0.15, -0.1) is 11.7 Å². The number of piperazine rings is 1. The lowest BCUT2D eigenvalue weighted by Gasteiger charge is -2.33. The van der Waals surface area contributed by atoms with Crippen LogP contribution in [0.25, 0.3) is 0 Å². The van der Waals surface area contributed by atoms with Crippen molar-refractivity contribution in [1.82, 2.24) is 30.0 Å². The Hall–Kier alpha value is -2.10. The van der Waals surface area contributed by atoms with Crippen molar-refractivity contribution in [2.75, 3.05) is 32.7 Å². The first-order chi connectivity index (χ1) is 12.5. The predicted molar refractivity (Wildman–Crippen MR) is 98.1 cm³/mol. The smallest absolute Gasteiger partial charge is 0.198 e. The van der Waals surface area contributed by atoms with Gasteiger partial charge in [-0.3, -0.25) is 9.80 Å². The van der Waals surface area contributed by atoms with Crippen molar-refractivity contribution >= 4 is 9.84 Å². The highest BCUT2D eigenvalue weighted by atomic mass is 32.2. The number of benzene rings is 1. The molecule has 1 saturated heterocycles. The number of hydrogen-bond donors (Lipinski definition) is 0. The van der Waals surface area contributed by atoms with E-state index in [4.69, 9.17) is 0 Å². The van der Waals surface area contributed by atoms with Gasteiger partial charge in [0, 0.05) is 32.7 Å². The molecule has 0 unspecified atom stereocenters. The Morgan fingerprint density at radius 2 is 1.77 bits per heavy atom. The van der Waals surface area contributed by atoms with Gasteiger partial charge < -0.3 is 0 Å². The van der Waals surface area contributed by atoms with Crippen LogP contribution in [-0.2, 0) is 22.3 Å². The SMILES string of the molecule is C=CCN1CCN(Cc2nnnn2CS(=O)(=O)c2ccc(C)cc2)CC1. The number of aromatic nitrogens is 4. The molecule has 0 N–H and O–H groups in total. The molecule has 140 valence electrons. The summed E-state index contributed by atoms with van der Waals surface area (Å²) in [7, 11) is -3.50. The van der Waals surface area contributed by atoms with Crippen molar-refractivity contribution in [3.8, 4) is 0 Å². The molecule has 0 amide bonds. The summed E-state index contributed by atoms with van der Waals surface area (Å²) in [6.45, 7) is 10.8. The molecule has 9 heteroatoms. The second kappa shape index (κ2) is 8.07. The van der Waals surface area contributed by atoms with Crippen molar-refractivity contribution < 1.29 is 8.42 Å². The van der Waals surface area contributed by atoms with Crippen molar-refractivity contribution in [2.45, 2.75) is 24.2 Å². The standard InChI is InChI=1S/C17H24N6O2S/c1-3-8-21-9-11-22(12-10-21)13-17-18-19-20-23(17)14-26(24,25)16-6-4-15(2)5-7-16/h3-7H,1,8-14H2,2H3. The van der Waals surface area contributed by atoms with Crippen LogP contribution in [0, 0.1) is 6.92 Å². The minimum atomic E-state index is -3.50. The average Bonchev–Trinajstić information content (AvgIpc) is 3.03. The zero-order chi connectivity index (χ0) is 18.6. The first-order valence-electron chi connectivity index (χ1n) is 8.58. The number of rotatable bonds is 7. The molecule has 26 heavy (non-hydrogen) atoms. The van der Waals surface area contributed by atoms with Gasteiger partial charge in [-0.2, -0.15) is 0 Å². The summed E-state index contributed by atoms with van der Waals surface area (Å²) in [5.41, 5.74) is 1.02. The molecule has 1 aromatic heterocycles. The highest BCUT2D eigenvalue weighted by molar-refractivity contribution is 7.90. The lowest BCUT2D eigenvalue weighted by Crippen LogP contribution is -2.46. The van der Waals surface area contributed by atoms with Gasteiger partial charge in [0.1, 0.15) is 0 Å². The van der Waals surface area contributed by atoms with E-state index in [9.17, 15) is 8.42 Å². The van der Waals surface area contributed by atoms with Crippen molar-refractivity contribution in [2.24, 2.45) is 0 Å². The summed E-state index contributed by atoms with van der Waals surface area (Å²) < 4.78 is 26.6. The zero-order valence-corrected chi connectivity index (χ0v) is 15.8. The van der Waals surface area contributed by atoms with E-state index in [1.54, 1.807) is 24.3 Å². The molecule has 0 radical (unpaired) electrons. The van der Waals surface area contributed by atoms with E-state index in [1.807, 2.05) is 13.0 Å². The second-order valence-corrected chi connectivity index (χ2v) is 8.48. The van der Waals surface area contributed by atoms with Crippen LogP contribution < -0.4 is 0 Å². The molecule has 1 aromatic carbocycles. The molecule has 8 nitrogen and oxygen atoms in total. The Bertz CT molecular complexity index is 838. The van der Waals surface area contributed by atoms with E-state index in [1.165, 1.54) is 4.68 Å². The molecule has 1 fully saturated rings. The highest BCUT2D eigenvalue weighted by Crippen LogP contribution is 2.15. The summed E-state index contributed by atoms with van der Waals surface area (Å²) in [5, 5.41) is 11.6. The van der Waals surface area contributed by atoms with Gasteiger partial charge in [0.25, 0.3) is 0 Å². The number of tetrazole rings is 1. The fourth-order valence-electron chi connectivity index (χ4n) is 2.93. The van der Waals surface area contributed by atoms with Crippen LogP contribution in [0.3, 0.4) is 0 Å². The van der Waals surface area contributed by atoms with Crippen LogP contribution in [0.1, 0.15) is 11.4 Å². The molecular formula is C17H24N6O2S. The lowest BCUT2D eigenvalue weighted by atomic mass is 10.2. The molecule has 2 aromatic rings. The molecular weight excluding hydrogens is 352 g/mol. The quantitative estimate of drug-likeness (QED) is 0.658. The Kier molecular flexibility index (Phi) is 5.80. The van der Waals surface area contributed by atoms with Crippen molar-refractivity contribution in [3.05, 3.63) is 48.3 Å². The van der Waals surface area contributed by atoms with Crippen LogP contribution in [0.4, 0.5) is 0 Å². The average molecular weight is 376 g/mol. The van der Waals surface area contributed by atoms with Crippen LogP contribution in [0.15, 0.2) is 41.8 Å². The molecule has 0 atom stereocenters. The first kappa shape index (κ1) is 18.7. The van der Waals surface area contributed by atoms with Gasteiger partial charge in [0.2, 0.25) is 0 Å². The Balaban J connectivity index is 1.65. The maximum absolute atomic E-state index is 12.6. The molecule has 0 bridgehead atoms. The fourth-order valence-corrected chi connectivity index (χ4v) is 4.15. The number of aryl methyl sites for hydroxylation is 1. The van der Waals surface area contributed by atoms with E-state index in [-0.39, 0.29) is 10.8 Å². The highest BCUT2D eigenvalue weighted by Gasteiger charge is 2.22. The van der Waals surface area contributed by atoms with Gasteiger partial charge in [0.15, 0.2) is 21.5 Å². The van der Waals surface area contributed by atoms with Crippen molar-refractivity contribution in [1.29, 1.82) is 0 Å². The third-order valence-corrected chi connectivity index (χ3v) is 6.07. The minimum absolute atomic E-state index is 0.255. The Labute approximate surface area is 154 Å². The fraction of sp³-hybridized carbons (Fsp3) is 0.471. The van der Waals surface area contributed by atoms with Crippen LogP contribution >= 0.6 is 0 Å². The van der Waals surface area contributed by atoms with E-state index in [0.717, 1.165) is 38.3 Å². The largest absolute Gasteiger partial charge is 0.297 e. The summed E-state index contributed by atoms with van der Waals surface area (Å²) in [5.74, 6) is 0.312. The second-order valence-electron chi connectivity index (χ2n) is 6.52. The van der Waals surface area contributed by atoms with Crippen molar-refractivity contribution in [3.63, 3.8) is 0 Å². The maximum atomic E-state index is 12.6. The van der Waals surface area contributed by atoms with E-state index >= 15 is 0 Å². The molecule has 2 heterocycles. The molecule has 0 spiro atoms. The molecule has 0 saturated carbocycles. The minimum Gasteiger partial charge on any atom is -0.297 e. The van der Waals surface area contributed by atoms with E-state index < -0.39 is 9.84 Å². The van der Waals surface area contributed by atoms with Gasteiger partial charge in [-0.1, -0.05) is 23.8 Å². The lowest BCUT2D eigenvalue weighted by molar-refractivity contribution is 0.133. The number of nitrogens with zero attached hydrogens (tertiary/aromatic N) is 6. The normalized spacial score (nSPS) is 16.7. The number of hydrogen-bond acceptors (Lipinski definition) is 7. The maximum Gasteiger partial charge on any atom is 0.198 e. The third-order valence-electron chi connectivity index (χ3n) is 4.50. The topological polar surface area (TPSA) is 84.2 Å². The zero-order valence-electron chi connectivity index (χ0n) is 15.0. The van der Waals surface area contributed by atoms with Gasteiger partial charge in [-0.05, 0) is 29.5 Å². The van der Waals surface area contributed by atoms with Crippen LogP contribution in [0.2, 0.25) is 0 Å². The summed E-state index contributed by atoms with van der Waals surface area (Å²) >= 11 is 0. The Morgan fingerprint density at radius 3 is 2.42 bits per heavy atom. The monoisotopic (exact) mass is 376 g/mol. The van der Waals surface area contributed by atoms with Crippen LogP contribution in [-0.4, -0.2) is 71.1 Å². The number of sulfone groups is 1.